The summed E-state index contributed by atoms with van der Waals surface area (Å²) in [7, 11) is 0. The van der Waals surface area contributed by atoms with Crippen molar-refractivity contribution in [3.05, 3.63) is 119 Å². The van der Waals surface area contributed by atoms with Gasteiger partial charge in [0.2, 0.25) is 0 Å². The van der Waals surface area contributed by atoms with Crippen molar-refractivity contribution >= 4 is 21.8 Å². The number of fused-ring (bicyclic) bond motifs is 3. The Balaban J connectivity index is 0.00000448. The molecule has 0 aliphatic heterocycles. The van der Waals surface area contributed by atoms with Crippen LogP contribution < -0.4 is 4.74 Å². The average Bonchev–Trinajstić information content (AvgIpc) is 3.64. The van der Waals surface area contributed by atoms with Crippen LogP contribution in [0.1, 0.15) is 114 Å². The van der Waals surface area contributed by atoms with Gasteiger partial charge in [0.1, 0.15) is 11.6 Å². The number of nitrogens with zero attached hydrogens (tertiary/aromatic N) is 4. The fourth-order valence-electron chi connectivity index (χ4n) is 7.86. The molecule has 0 amide bonds. The Labute approximate surface area is 316 Å². The van der Waals surface area contributed by atoms with E-state index in [4.69, 9.17) is 9.84 Å². The first-order chi connectivity index (χ1) is 24.1. The van der Waals surface area contributed by atoms with Crippen molar-refractivity contribution in [1.29, 1.82) is 0 Å². The Hall–Kier alpha value is -4.02. The van der Waals surface area contributed by atoms with Crippen LogP contribution in [0.15, 0.2) is 78.5 Å². The van der Waals surface area contributed by atoms with Gasteiger partial charge in [-0.05, 0) is 60.7 Å². The van der Waals surface area contributed by atoms with Gasteiger partial charge in [-0.15, -0.1) is 35.7 Å². The van der Waals surface area contributed by atoms with Crippen molar-refractivity contribution in [2.24, 2.45) is 5.92 Å². The molecule has 266 valence electrons. The Kier molecular flexibility index (Phi) is 11.0. The van der Waals surface area contributed by atoms with E-state index in [9.17, 15) is 4.39 Å². The smallest absolute Gasteiger partial charge is 0.509 e. The van der Waals surface area contributed by atoms with Crippen molar-refractivity contribution in [3.63, 3.8) is 0 Å². The summed E-state index contributed by atoms with van der Waals surface area (Å²) in [6.07, 6.45) is 9.35. The molecule has 1 aliphatic rings. The largest absolute Gasteiger partial charge is 2.00 e. The number of aryl methyl sites for hydroxylation is 1. The van der Waals surface area contributed by atoms with Crippen LogP contribution in [0.5, 0.6) is 11.5 Å². The van der Waals surface area contributed by atoms with Crippen LogP contribution in [-0.4, -0.2) is 19.3 Å². The molecular formula is C44H47FN4OPt. The van der Waals surface area contributed by atoms with Gasteiger partial charge in [0.05, 0.1) is 5.69 Å². The number of hydrogen-bond acceptors (Lipinski definition) is 3. The zero-order valence-corrected chi connectivity index (χ0v) is 32.9. The maximum absolute atomic E-state index is 14.4. The van der Waals surface area contributed by atoms with Gasteiger partial charge in [-0.2, -0.15) is 16.7 Å². The molecule has 51 heavy (non-hydrogen) atoms. The Morgan fingerprint density at radius 3 is 2.49 bits per heavy atom. The summed E-state index contributed by atoms with van der Waals surface area (Å²) in [4.78, 5) is 4.51. The Morgan fingerprint density at radius 2 is 1.76 bits per heavy atom. The zero-order chi connectivity index (χ0) is 35.1. The molecule has 2 atom stereocenters. The number of pyridine rings is 1. The molecule has 3 heterocycles. The molecule has 6 aromatic rings. The van der Waals surface area contributed by atoms with Gasteiger partial charge in [-0.3, -0.25) is 4.68 Å². The van der Waals surface area contributed by atoms with Gasteiger partial charge in [0.25, 0.3) is 0 Å². The van der Waals surface area contributed by atoms with Crippen LogP contribution >= 0.6 is 0 Å². The van der Waals surface area contributed by atoms with Crippen LogP contribution in [0.2, 0.25) is 0 Å². The third-order valence-corrected chi connectivity index (χ3v) is 10.2. The van der Waals surface area contributed by atoms with E-state index in [0.717, 1.165) is 53.2 Å². The molecule has 1 unspecified atom stereocenters. The van der Waals surface area contributed by atoms with E-state index in [1.165, 1.54) is 52.8 Å². The van der Waals surface area contributed by atoms with Gasteiger partial charge >= 0.3 is 21.1 Å². The summed E-state index contributed by atoms with van der Waals surface area (Å²) in [5.74, 6) is 2.78. The van der Waals surface area contributed by atoms with Crippen LogP contribution in [0.25, 0.3) is 33.3 Å². The first kappa shape index (κ1) is 36.8. The number of rotatable bonds is 10. The summed E-state index contributed by atoms with van der Waals surface area (Å²) in [5.41, 5.74) is 9.07. The molecule has 0 radical (unpaired) electrons. The second-order valence-electron chi connectivity index (χ2n) is 14.6. The third kappa shape index (κ3) is 7.09. The molecule has 1 aliphatic carbocycles. The molecule has 7 rings (SSSR count). The van der Waals surface area contributed by atoms with Crippen LogP contribution in [0, 0.1) is 23.9 Å². The second-order valence-corrected chi connectivity index (χ2v) is 14.6. The molecular weight excluding hydrogens is 815 g/mol. The topological polar surface area (TPSA) is 44.9 Å². The van der Waals surface area contributed by atoms with Crippen molar-refractivity contribution in [1.82, 2.24) is 19.3 Å². The van der Waals surface area contributed by atoms with Crippen LogP contribution in [0.3, 0.4) is 0 Å². The minimum absolute atomic E-state index is 0. The summed E-state index contributed by atoms with van der Waals surface area (Å²) in [6.45, 7) is 16.0. The van der Waals surface area contributed by atoms with Gasteiger partial charge < -0.3 is 9.30 Å². The first-order valence-corrected chi connectivity index (χ1v) is 18.3. The molecule has 0 bridgehead atoms. The SMILES string of the molecule is CCCCc1cc(Oc2[c-]c3c(cc2)c2ccccc2n3-c2cc(F)ccn2)[c-]c(-n2nc(C(C)C)c(C3C(C)=CCC[C@@H]3C)c2C(C)C)c1.[Pt+2]. The number of para-hydroxylation sites is 1. The fourth-order valence-corrected chi connectivity index (χ4v) is 7.86. The van der Waals surface area contributed by atoms with E-state index >= 15 is 0 Å². The number of unbranched alkanes of at least 4 members (excludes halogenated alkanes) is 1. The van der Waals surface area contributed by atoms with Crippen LogP contribution in [-0.2, 0) is 27.5 Å². The maximum atomic E-state index is 14.4. The predicted octanol–water partition coefficient (Wildman–Crippen LogP) is 11.9. The van der Waals surface area contributed by atoms with Crippen molar-refractivity contribution < 1.29 is 30.2 Å². The molecule has 3 aromatic carbocycles. The van der Waals surface area contributed by atoms with Gasteiger partial charge in [-0.25, -0.2) is 9.37 Å². The van der Waals surface area contributed by atoms with Crippen LogP contribution in [0.4, 0.5) is 4.39 Å². The van der Waals surface area contributed by atoms with E-state index in [1.54, 1.807) is 0 Å². The minimum Gasteiger partial charge on any atom is -0.509 e. The first-order valence-electron chi connectivity index (χ1n) is 18.3. The van der Waals surface area contributed by atoms with Crippen molar-refractivity contribution in [2.75, 3.05) is 0 Å². The summed E-state index contributed by atoms with van der Waals surface area (Å²) >= 11 is 0. The number of hydrogen-bond donors (Lipinski definition) is 0. The number of halogens is 1. The Bertz CT molecular complexity index is 2210. The summed E-state index contributed by atoms with van der Waals surface area (Å²) in [6, 6.07) is 26.4. The number of aromatic nitrogens is 4. The summed E-state index contributed by atoms with van der Waals surface area (Å²) in [5, 5.41) is 7.42. The minimum atomic E-state index is -0.341. The standard InChI is InChI=1S/C44H47FN4O.Pt/c1-8-9-15-31-22-33(49-44(28(4)5)42(43(47-49)27(2)3)41-29(6)13-12-14-30(41)7)25-35(23-31)50-34-18-19-37-36-16-10-11-17-38(36)48(39(37)26-34)40-24-32(45)20-21-46-40;/h10-11,13,16-24,27-28,30,41H,8-9,12,14-15H2,1-7H3;/q-2;+2/t30-,41?;/m0./s1. The average molecular weight is 862 g/mol. The number of ether oxygens (including phenoxy) is 1. The third-order valence-electron chi connectivity index (χ3n) is 10.2. The van der Waals surface area contributed by atoms with E-state index in [0.29, 0.717) is 29.2 Å². The van der Waals surface area contributed by atoms with E-state index in [1.807, 2.05) is 34.9 Å². The van der Waals surface area contributed by atoms with Crippen molar-refractivity contribution in [3.8, 4) is 23.0 Å². The maximum Gasteiger partial charge on any atom is 2.00 e. The molecule has 3 aromatic heterocycles. The summed E-state index contributed by atoms with van der Waals surface area (Å²) < 4.78 is 25.2. The fraction of sp³-hybridized carbons (Fsp3) is 0.364. The molecule has 0 fully saturated rings. The molecule has 7 heteroatoms. The zero-order valence-electron chi connectivity index (χ0n) is 30.7. The quantitative estimate of drug-likeness (QED) is 0.102. The van der Waals surface area contributed by atoms with E-state index in [-0.39, 0.29) is 38.7 Å². The second kappa shape index (κ2) is 15.3. The molecule has 0 saturated heterocycles. The van der Waals surface area contributed by atoms with Gasteiger partial charge in [0.15, 0.2) is 0 Å². The predicted molar refractivity (Wildman–Crippen MR) is 202 cm³/mol. The van der Waals surface area contributed by atoms with Crippen molar-refractivity contribution in [2.45, 2.75) is 98.3 Å². The molecule has 0 saturated carbocycles. The van der Waals surface area contributed by atoms with Gasteiger partial charge in [0, 0.05) is 46.5 Å². The normalized spacial score (nSPS) is 16.2. The van der Waals surface area contributed by atoms with E-state index < -0.39 is 0 Å². The van der Waals surface area contributed by atoms with Gasteiger partial charge in [-0.1, -0.05) is 96.2 Å². The number of benzene rings is 3. The van der Waals surface area contributed by atoms with E-state index in [2.05, 4.69) is 94.5 Å². The molecule has 0 N–H and O–H groups in total. The Morgan fingerprint density at radius 1 is 0.961 bits per heavy atom. The number of allylic oxidation sites excluding steroid dienone is 2. The molecule has 5 nitrogen and oxygen atoms in total. The molecule has 0 spiro atoms. The monoisotopic (exact) mass is 861 g/mol.